The van der Waals surface area contributed by atoms with Gasteiger partial charge in [-0.15, -0.1) is 0 Å². The molecule has 4 aliphatic rings. The normalized spacial score (nSPS) is 22.0. The molecular formula is C38H27BrN6O2. The summed E-state index contributed by atoms with van der Waals surface area (Å²) in [4.78, 5) is 45.7. The zero-order chi connectivity index (χ0) is 32.0. The van der Waals surface area contributed by atoms with Crippen LogP contribution in [-0.4, -0.2) is 44.7 Å². The maximum absolute atomic E-state index is 14.7. The van der Waals surface area contributed by atoms with Gasteiger partial charge < -0.3 is 10.3 Å². The van der Waals surface area contributed by atoms with Gasteiger partial charge in [-0.3, -0.25) is 19.9 Å². The summed E-state index contributed by atoms with van der Waals surface area (Å²) in [5.74, 6) is -0.610. The molecule has 1 amide bonds. The van der Waals surface area contributed by atoms with Crippen molar-refractivity contribution >= 4 is 67.8 Å². The Morgan fingerprint density at radius 3 is 2.45 bits per heavy atom. The predicted molar refractivity (Wildman–Crippen MR) is 189 cm³/mol. The van der Waals surface area contributed by atoms with E-state index < -0.39 is 17.5 Å². The van der Waals surface area contributed by atoms with Gasteiger partial charge >= 0.3 is 0 Å². The molecule has 0 spiro atoms. The van der Waals surface area contributed by atoms with E-state index in [1.807, 2.05) is 109 Å². The average molecular weight is 680 g/mol. The fourth-order valence-corrected chi connectivity index (χ4v) is 6.52. The smallest absolute Gasteiger partial charge is 0.248 e. The number of hydrogen-bond acceptors (Lipinski definition) is 6. The van der Waals surface area contributed by atoms with Gasteiger partial charge in [-0.25, -0.2) is 9.98 Å². The number of nitrogens with one attached hydrogen (secondary N) is 3. The quantitative estimate of drug-likeness (QED) is 0.270. The standard InChI is InChI=1S/C38H27BrN6O2/c39-25-5-3-23(4-6-25)21-38-22-32-12-11-30(43-32)18-28-8-7-27(41-28)17-29-9-10-31(42-29)19-35(45-38)33(37(38)47)20-36(46)44-26-13-14-34-24(16-26)2-1-15-40-34/h1-20,22,35,41,45H,21H2,(H,44,46)/b27-17?,28-18?,31-19?,32-22?,33-20+. The number of allylic oxidation sites excluding steroid dienone is 4. The molecule has 1 fully saturated rings. The SMILES string of the molecule is O=C(/C=C1/C(=O)C2(Cc3ccc(Br)cc3)C=C3C=CC(=N3)C=c3ccc([nH]3)=CC3=NC(=CC1N2)C=C3)Nc1ccc2ncccc2c1. The molecule has 2 aromatic heterocycles. The summed E-state index contributed by atoms with van der Waals surface area (Å²) in [6.45, 7) is 0. The number of fused-ring (bicyclic) bond motifs is 7. The Morgan fingerprint density at radius 2 is 1.66 bits per heavy atom. The third-order valence-electron chi connectivity index (χ3n) is 8.40. The van der Waals surface area contributed by atoms with Crippen molar-refractivity contribution in [3.05, 3.63) is 153 Å². The van der Waals surface area contributed by atoms with Gasteiger partial charge in [-0.05, 0) is 103 Å². The summed E-state index contributed by atoms with van der Waals surface area (Å²) in [7, 11) is 0. The van der Waals surface area contributed by atoms with Crippen molar-refractivity contribution in [2.24, 2.45) is 9.98 Å². The number of carbonyl (C=O) groups is 2. The van der Waals surface area contributed by atoms with Gasteiger partial charge in [-0.2, -0.15) is 0 Å². The first-order valence-electron chi connectivity index (χ1n) is 15.2. The van der Waals surface area contributed by atoms with Crippen molar-refractivity contribution in [2.45, 2.75) is 18.0 Å². The highest BCUT2D eigenvalue weighted by Gasteiger charge is 2.48. The molecule has 0 radical (unpaired) electrons. The van der Waals surface area contributed by atoms with E-state index in [0.29, 0.717) is 29.1 Å². The number of benzene rings is 2. The molecule has 1 saturated heterocycles. The Bertz CT molecular complexity index is 2340. The summed E-state index contributed by atoms with van der Waals surface area (Å²) in [6, 6.07) is 20.6. The summed E-state index contributed by atoms with van der Waals surface area (Å²) < 4.78 is 0.944. The van der Waals surface area contributed by atoms with Crippen molar-refractivity contribution in [1.82, 2.24) is 15.3 Å². The van der Waals surface area contributed by atoms with Gasteiger partial charge in [0.1, 0.15) is 5.54 Å². The minimum Gasteiger partial charge on any atom is -0.355 e. The maximum Gasteiger partial charge on any atom is 0.248 e. The van der Waals surface area contributed by atoms with E-state index in [2.05, 4.69) is 36.5 Å². The van der Waals surface area contributed by atoms with Gasteiger partial charge in [0.05, 0.1) is 34.4 Å². The number of anilines is 1. The molecule has 8 nitrogen and oxygen atoms in total. The molecule has 3 N–H and O–H groups in total. The van der Waals surface area contributed by atoms with Gasteiger partial charge in [0.15, 0.2) is 5.78 Å². The maximum atomic E-state index is 14.7. The van der Waals surface area contributed by atoms with Crippen molar-refractivity contribution in [1.29, 1.82) is 0 Å². The molecule has 2 aromatic carbocycles. The van der Waals surface area contributed by atoms with E-state index >= 15 is 0 Å². The number of carbonyl (C=O) groups excluding carboxylic acids is 2. The summed E-state index contributed by atoms with van der Waals surface area (Å²) in [5, 5.41) is 9.27. The molecule has 0 saturated carbocycles. The molecule has 0 aliphatic carbocycles. The van der Waals surface area contributed by atoms with Crippen LogP contribution in [0.3, 0.4) is 0 Å². The van der Waals surface area contributed by atoms with E-state index in [1.54, 1.807) is 12.3 Å². The van der Waals surface area contributed by atoms with Gasteiger partial charge in [0, 0.05) is 50.5 Å². The van der Waals surface area contributed by atoms with Gasteiger partial charge in [0.2, 0.25) is 5.91 Å². The molecule has 8 bridgehead atoms. The molecule has 4 aromatic rings. The third kappa shape index (κ3) is 5.94. The van der Waals surface area contributed by atoms with Crippen LogP contribution in [0.15, 0.2) is 147 Å². The van der Waals surface area contributed by atoms with Crippen LogP contribution >= 0.6 is 15.9 Å². The molecule has 228 valence electrons. The van der Waals surface area contributed by atoms with Crippen LogP contribution in [0.25, 0.3) is 23.1 Å². The lowest BCUT2D eigenvalue weighted by Crippen LogP contribution is -2.47. The summed E-state index contributed by atoms with van der Waals surface area (Å²) >= 11 is 3.52. The highest BCUT2D eigenvalue weighted by Crippen LogP contribution is 2.34. The van der Waals surface area contributed by atoms with E-state index in [1.165, 1.54) is 6.08 Å². The minimum absolute atomic E-state index is 0.204. The van der Waals surface area contributed by atoms with Crippen molar-refractivity contribution in [2.75, 3.05) is 5.32 Å². The second-order valence-corrected chi connectivity index (χ2v) is 12.7. The molecule has 6 heterocycles. The first kappa shape index (κ1) is 28.9. The molecule has 2 atom stereocenters. The summed E-state index contributed by atoms with van der Waals surface area (Å²) in [6.07, 6.45) is 18.9. The molecule has 47 heavy (non-hydrogen) atoms. The highest BCUT2D eigenvalue weighted by molar-refractivity contribution is 9.10. The molecule has 4 aliphatic heterocycles. The van der Waals surface area contributed by atoms with E-state index in [-0.39, 0.29) is 5.78 Å². The van der Waals surface area contributed by atoms with Gasteiger partial charge in [0.25, 0.3) is 0 Å². The number of pyridine rings is 1. The molecular weight excluding hydrogens is 652 g/mol. The number of aromatic nitrogens is 2. The lowest BCUT2D eigenvalue weighted by Gasteiger charge is -2.25. The Morgan fingerprint density at radius 1 is 0.915 bits per heavy atom. The van der Waals surface area contributed by atoms with Crippen LogP contribution in [-0.2, 0) is 16.0 Å². The first-order valence-corrected chi connectivity index (χ1v) is 16.0. The number of aliphatic imine (C=N–C) groups is 2. The fraction of sp³-hybridized carbons (Fsp3) is 0.0789. The first-order chi connectivity index (χ1) is 22.9. The number of rotatable bonds is 4. The molecule has 9 heteroatoms. The number of hydrogen-bond donors (Lipinski definition) is 3. The second-order valence-electron chi connectivity index (χ2n) is 11.8. The number of H-pyrrole nitrogens is 1. The Labute approximate surface area is 278 Å². The van der Waals surface area contributed by atoms with Crippen molar-refractivity contribution in [3.8, 4) is 0 Å². The Balaban J connectivity index is 1.25. The Hall–Kier alpha value is -5.51. The van der Waals surface area contributed by atoms with E-state index in [9.17, 15) is 9.59 Å². The number of amides is 1. The number of aromatic amines is 1. The van der Waals surface area contributed by atoms with Crippen LogP contribution in [0.1, 0.15) is 5.56 Å². The average Bonchev–Trinajstić information content (AvgIpc) is 3.85. The van der Waals surface area contributed by atoms with Crippen LogP contribution in [0.4, 0.5) is 5.69 Å². The van der Waals surface area contributed by atoms with Gasteiger partial charge in [-0.1, -0.05) is 34.1 Å². The number of ketones is 1. The number of halogens is 1. The lowest BCUT2D eigenvalue weighted by atomic mass is 9.85. The molecule has 8 rings (SSSR count). The van der Waals surface area contributed by atoms with Crippen molar-refractivity contribution < 1.29 is 9.59 Å². The monoisotopic (exact) mass is 678 g/mol. The minimum atomic E-state index is -1.19. The number of Topliss-reactive ketones (excluding diaryl/α,β-unsaturated/α-hetero) is 1. The van der Waals surface area contributed by atoms with Crippen LogP contribution < -0.4 is 21.3 Å². The largest absolute Gasteiger partial charge is 0.355 e. The topological polar surface area (TPSA) is 112 Å². The lowest BCUT2D eigenvalue weighted by molar-refractivity contribution is -0.118. The summed E-state index contributed by atoms with van der Waals surface area (Å²) in [5.41, 5.74) is 4.42. The van der Waals surface area contributed by atoms with E-state index in [4.69, 9.17) is 9.98 Å². The van der Waals surface area contributed by atoms with Crippen molar-refractivity contribution in [3.63, 3.8) is 0 Å². The zero-order valence-corrected chi connectivity index (χ0v) is 26.5. The zero-order valence-electron chi connectivity index (χ0n) is 24.9. The highest BCUT2D eigenvalue weighted by atomic mass is 79.9. The number of nitrogens with zero attached hydrogens (tertiary/aromatic N) is 3. The van der Waals surface area contributed by atoms with Crippen LogP contribution in [0.2, 0.25) is 0 Å². The van der Waals surface area contributed by atoms with Crippen LogP contribution in [0, 0.1) is 0 Å². The van der Waals surface area contributed by atoms with Crippen LogP contribution in [0.5, 0.6) is 0 Å². The van der Waals surface area contributed by atoms with E-state index in [0.717, 1.165) is 43.1 Å². The second kappa shape index (κ2) is 11.7. The Kier molecular flexibility index (Phi) is 7.20. The fourth-order valence-electron chi connectivity index (χ4n) is 6.26. The predicted octanol–water partition coefficient (Wildman–Crippen LogP) is 4.78. The molecule has 2 unspecified atom stereocenters. The third-order valence-corrected chi connectivity index (χ3v) is 8.93.